The van der Waals surface area contributed by atoms with Gasteiger partial charge in [-0.2, -0.15) is 0 Å². The highest BCUT2D eigenvalue weighted by molar-refractivity contribution is 6.06. The Kier molecular flexibility index (Phi) is 7.87. The van der Waals surface area contributed by atoms with Crippen LogP contribution in [-0.2, 0) is 4.79 Å². The fourth-order valence-electron chi connectivity index (χ4n) is 4.42. The molecule has 0 aliphatic heterocycles. The van der Waals surface area contributed by atoms with E-state index in [9.17, 15) is 4.79 Å². The van der Waals surface area contributed by atoms with Crippen molar-refractivity contribution in [1.82, 2.24) is 0 Å². The standard InChI is InChI=1S/C31H33NO5/c1-7-35-23-12-10-22(11-13-23)26-18-37-31-21(5)30(36-8-2)24(17-25(26)31)20(4)16-29(33)32-27-15-19(3)9-14-28(27)34-6/h9-18H,7-8H2,1-6H3,(H,32,33)/b20-16+. The second kappa shape index (κ2) is 11.2. The maximum Gasteiger partial charge on any atom is 0.248 e. The molecule has 0 saturated heterocycles. The Bertz CT molecular complexity index is 1450. The Labute approximate surface area is 217 Å². The fraction of sp³-hybridized carbons (Fsp3) is 0.258. The third-order valence-corrected chi connectivity index (χ3v) is 6.19. The monoisotopic (exact) mass is 499 g/mol. The molecule has 0 aliphatic rings. The topological polar surface area (TPSA) is 69.9 Å². The van der Waals surface area contributed by atoms with E-state index in [0.717, 1.165) is 50.1 Å². The van der Waals surface area contributed by atoms with E-state index in [-0.39, 0.29) is 5.91 Å². The first-order chi connectivity index (χ1) is 17.9. The van der Waals surface area contributed by atoms with Crippen LogP contribution >= 0.6 is 0 Å². The van der Waals surface area contributed by atoms with Crippen LogP contribution in [-0.4, -0.2) is 26.2 Å². The average Bonchev–Trinajstić information content (AvgIpc) is 3.30. The molecule has 0 atom stereocenters. The number of amides is 1. The molecule has 4 rings (SSSR count). The van der Waals surface area contributed by atoms with Gasteiger partial charge in [0.1, 0.15) is 22.8 Å². The van der Waals surface area contributed by atoms with Crippen LogP contribution in [0.15, 0.2) is 65.3 Å². The molecule has 0 spiro atoms. The van der Waals surface area contributed by atoms with Crippen molar-refractivity contribution in [2.75, 3.05) is 25.6 Å². The molecule has 4 aromatic rings. The normalized spacial score (nSPS) is 11.5. The second-order valence-corrected chi connectivity index (χ2v) is 8.82. The third-order valence-electron chi connectivity index (χ3n) is 6.19. The minimum atomic E-state index is -0.250. The van der Waals surface area contributed by atoms with Gasteiger partial charge >= 0.3 is 0 Å². The molecule has 0 bridgehead atoms. The molecule has 1 aromatic heterocycles. The Morgan fingerprint density at radius 2 is 1.73 bits per heavy atom. The van der Waals surface area contributed by atoms with Gasteiger partial charge in [0.2, 0.25) is 5.91 Å². The number of carbonyl (C=O) groups is 1. The summed E-state index contributed by atoms with van der Waals surface area (Å²) in [6.45, 7) is 10.9. The number of nitrogens with one attached hydrogen (secondary N) is 1. The maximum atomic E-state index is 13.0. The van der Waals surface area contributed by atoms with E-state index in [1.54, 1.807) is 19.4 Å². The van der Waals surface area contributed by atoms with Crippen molar-refractivity contribution in [2.24, 2.45) is 0 Å². The number of ether oxygens (including phenoxy) is 3. The van der Waals surface area contributed by atoms with Gasteiger partial charge in [-0.15, -0.1) is 0 Å². The van der Waals surface area contributed by atoms with Crippen molar-refractivity contribution in [2.45, 2.75) is 34.6 Å². The summed E-state index contributed by atoms with van der Waals surface area (Å²) in [5.74, 6) is 1.89. The molecule has 6 nitrogen and oxygen atoms in total. The first-order valence-corrected chi connectivity index (χ1v) is 12.4. The fourth-order valence-corrected chi connectivity index (χ4v) is 4.42. The second-order valence-electron chi connectivity index (χ2n) is 8.82. The number of benzene rings is 3. The lowest BCUT2D eigenvalue weighted by atomic mass is 9.96. The van der Waals surface area contributed by atoms with Crippen LogP contribution < -0.4 is 19.5 Å². The molecule has 37 heavy (non-hydrogen) atoms. The number of hydrogen-bond donors (Lipinski definition) is 1. The number of carbonyl (C=O) groups excluding carboxylic acids is 1. The highest BCUT2D eigenvalue weighted by Gasteiger charge is 2.19. The van der Waals surface area contributed by atoms with Crippen LogP contribution in [0, 0.1) is 13.8 Å². The Hall–Kier alpha value is -4.19. The van der Waals surface area contributed by atoms with Crippen molar-refractivity contribution in [3.63, 3.8) is 0 Å². The first kappa shape index (κ1) is 25.9. The highest BCUT2D eigenvalue weighted by Crippen LogP contribution is 2.41. The van der Waals surface area contributed by atoms with Gasteiger partial charge in [-0.05, 0) is 81.7 Å². The Balaban J connectivity index is 1.75. The average molecular weight is 500 g/mol. The number of anilines is 1. The molecule has 0 fully saturated rings. The predicted molar refractivity (Wildman–Crippen MR) is 149 cm³/mol. The molecule has 1 amide bonds. The predicted octanol–water partition coefficient (Wildman–Crippen LogP) is 7.56. The molecule has 0 radical (unpaired) electrons. The number of furan rings is 1. The van der Waals surface area contributed by atoms with Gasteiger partial charge in [-0.25, -0.2) is 0 Å². The number of fused-ring (bicyclic) bond motifs is 1. The summed E-state index contributed by atoms with van der Waals surface area (Å²) in [4.78, 5) is 13.0. The van der Waals surface area contributed by atoms with E-state index in [1.165, 1.54) is 0 Å². The maximum absolute atomic E-state index is 13.0. The number of rotatable bonds is 9. The molecule has 0 unspecified atom stereocenters. The van der Waals surface area contributed by atoms with Gasteiger partial charge in [-0.3, -0.25) is 4.79 Å². The summed E-state index contributed by atoms with van der Waals surface area (Å²) < 4.78 is 23.0. The number of aryl methyl sites for hydroxylation is 2. The SMILES string of the molecule is CCOc1ccc(-c2coc3c(C)c(OCC)c(/C(C)=C/C(=O)Nc4cc(C)ccc4OC)cc23)cc1. The quantitative estimate of drug-likeness (QED) is 0.241. The summed E-state index contributed by atoms with van der Waals surface area (Å²) in [6, 6.07) is 15.6. The summed E-state index contributed by atoms with van der Waals surface area (Å²) in [5, 5.41) is 3.89. The lowest BCUT2D eigenvalue weighted by molar-refractivity contribution is -0.111. The summed E-state index contributed by atoms with van der Waals surface area (Å²) in [6.07, 6.45) is 3.35. The number of hydrogen-bond acceptors (Lipinski definition) is 5. The molecule has 1 heterocycles. The zero-order valence-electron chi connectivity index (χ0n) is 22.2. The largest absolute Gasteiger partial charge is 0.495 e. The van der Waals surface area contributed by atoms with Crippen molar-refractivity contribution in [1.29, 1.82) is 0 Å². The highest BCUT2D eigenvalue weighted by atomic mass is 16.5. The Morgan fingerprint density at radius 3 is 2.41 bits per heavy atom. The molecule has 1 N–H and O–H groups in total. The molecule has 6 heteroatoms. The van der Waals surface area contributed by atoms with E-state index in [4.69, 9.17) is 18.6 Å². The van der Waals surface area contributed by atoms with Crippen LogP contribution in [0.1, 0.15) is 37.5 Å². The van der Waals surface area contributed by atoms with E-state index < -0.39 is 0 Å². The molecule has 3 aromatic carbocycles. The minimum absolute atomic E-state index is 0.250. The number of allylic oxidation sites excluding steroid dienone is 1. The molecular formula is C31H33NO5. The summed E-state index contributed by atoms with van der Waals surface area (Å²) in [7, 11) is 1.58. The van der Waals surface area contributed by atoms with Gasteiger partial charge in [-0.1, -0.05) is 18.2 Å². The van der Waals surface area contributed by atoms with Gasteiger partial charge in [0.05, 0.1) is 32.3 Å². The zero-order chi connectivity index (χ0) is 26.5. The van der Waals surface area contributed by atoms with Crippen LogP contribution in [0.25, 0.3) is 27.7 Å². The van der Waals surface area contributed by atoms with Crippen LogP contribution in [0.2, 0.25) is 0 Å². The molecule has 0 saturated carbocycles. The lowest BCUT2D eigenvalue weighted by Crippen LogP contribution is -2.10. The molecule has 0 aliphatic carbocycles. The van der Waals surface area contributed by atoms with Gasteiger partial charge in [0.15, 0.2) is 0 Å². The van der Waals surface area contributed by atoms with E-state index in [2.05, 4.69) is 5.32 Å². The third kappa shape index (κ3) is 5.48. The molecular weight excluding hydrogens is 466 g/mol. The number of methoxy groups -OCH3 is 1. The smallest absolute Gasteiger partial charge is 0.248 e. The first-order valence-electron chi connectivity index (χ1n) is 12.4. The van der Waals surface area contributed by atoms with Crippen LogP contribution in [0.5, 0.6) is 17.2 Å². The minimum Gasteiger partial charge on any atom is -0.495 e. The van der Waals surface area contributed by atoms with E-state index in [1.807, 2.05) is 83.1 Å². The lowest BCUT2D eigenvalue weighted by Gasteiger charge is -2.15. The van der Waals surface area contributed by atoms with E-state index in [0.29, 0.717) is 30.4 Å². The van der Waals surface area contributed by atoms with Crippen molar-refractivity contribution in [3.8, 4) is 28.4 Å². The van der Waals surface area contributed by atoms with Gasteiger partial charge in [0, 0.05) is 28.2 Å². The van der Waals surface area contributed by atoms with Crippen molar-refractivity contribution < 1.29 is 23.4 Å². The van der Waals surface area contributed by atoms with Crippen LogP contribution in [0.4, 0.5) is 5.69 Å². The zero-order valence-corrected chi connectivity index (χ0v) is 22.2. The van der Waals surface area contributed by atoms with Gasteiger partial charge in [0.25, 0.3) is 0 Å². The summed E-state index contributed by atoms with van der Waals surface area (Å²) >= 11 is 0. The van der Waals surface area contributed by atoms with Crippen molar-refractivity contribution in [3.05, 3.63) is 77.6 Å². The van der Waals surface area contributed by atoms with E-state index >= 15 is 0 Å². The Morgan fingerprint density at radius 1 is 1.00 bits per heavy atom. The molecule has 192 valence electrons. The van der Waals surface area contributed by atoms with Gasteiger partial charge < -0.3 is 23.9 Å². The summed E-state index contributed by atoms with van der Waals surface area (Å²) in [5.41, 5.74) is 6.90. The van der Waals surface area contributed by atoms with Crippen LogP contribution in [0.3, 0.4) is 0 Å². The van der Waals surface area contributed by atoms with Crippen molar-refractivity contribution >= 4 is 28.1 Å².